The Morgan fingerprint density at radius 2 is 2.00 bits per heavy atom. The van der Waals surface area contributed by atoms with Crippen molar-refractivity contribution in [2.24, 2.45) is 0 Å². The summed E-state index contributed by atoms with van der Waals surface area (Å²) in [5.41, 5.74) is 2.40. The third-order valence-corrected chi connectivity index (χ3v) is 3.96. The smallest absolute Gasteiger partial charge is 0.110 e. The van der Waals surface area contributed by atoms with Crippen LogP contribution >= 0.6 is 0 Å². The van der Waals surface area contributed by atoms with Gasteiger partial charge in [0.2, 0.25) is 0 Å². The highest BCUT2D eigenvalue weighted by atomic mass is 16.5. The number of hydrogen-bond acceptors (Lipinski definition) is 3. The zero-order valence-corrected chi connectivity index (χ0v) is 12.7. The molecule has 114 valence electrons. The molecule has 0 radical (unpaired) electrons. The minimum Gasteiger partial charge on any atom is -0.497 e. The van der Waals surface area contributed by atoms with Crippen molar-refractivity contribution in [1.82, 2.24) is 10.3 Å². The lowest BCUT2D eigenvalue weighted by atomic mass is 10.0. The summed E-state index contributed by atoms with van der Waals surface area (Å²) in [6.07, 6.45) is 9.09. The zero-order valence-electron chi connectivity index (χ0n) is 12.7. The third kappa shape index (κ3) is 4.18. The van der Waals surface area contributed by atoms with Crippen LogP contribution in [-0.4, -0.2) is 17.6 Å². The second kappa shape index (κ2) is 7.76. The largest absolute Gasteiger partial charge is 0.497 e. The summed E-state index contributed by atoms with van der Waals surface area (Å²) in [5, 5.41) is 3.66. The molecule has 0 aliphatic carbocycles. The maximum Gasteiger partial charge on any atom is 0.110 e. The summed E-state index contributed by atoms with van der Waals surface area (Å²) >= 11 is 0. The van der Waals surface area contributed by atoms with Crippen LogP contribution in [-0.2, 0) is 11.2 Å². The molecule has 0 fully saturated rings. The van der Waals surface area contributed by atoms with Gasteiger partial charge in [-0.25, -0.2) is 0 Å². The predicted molar refractivity (Wildman–Crippen MR) is 88.4 cm³/mol. The van der Waals surface area contributed by atoms with E-state index in [0.717, 1.165) is 31.5 Å². The number of pyridine rings is 1. The van der Waals surface area contributed by atoms with E-state index in [1.54, 1.807) is 0 Å². The Morgan fingerprint density at radius 1 is 1.14 bits per heavy atom. The van der Waals surface area contributed by atoms with Crippen molar-refractivity contribution in [2.45, 2.75) is 31.4 Å². The van der Waals surface area contributed by atoms with E-state index in [-0.39, 0.29) is 12.1 Å². The van der Waals surface area contributed by atoms with Crippen LogP contribution in [0.25, 0.3) is 0 Å². The lowest BCUT2D eigenvalue weighted by molar-refractivity contribution is 0.119. The normalized spacial score (nSPS) is 18.6. The van der Waals surface area contributed by atoms with Crippen molar-refractivity contribution >= 4 is 0 Å². The molecule has 2 heterocycles. The van der Waals surface area contributed by atoms with Crippen LogP contribution in [0.1, 0.15) is 30.1 Å². The lowest BCUT2D eigenvalue weighted by Gasteiger charge is -2.24. The van der Waals surface area contributed by atoms with E-state index in [9.17, 15) is 0 Å². The minimum atomic E-state index is 0.255. The van der Waals surface area contributed by atoms with Crippen molar-refractivity contribution in [3.8, 4) is 0 Å². The minimum absolute atomic E-state index is 0.255. The second-order valence-corrected chi connectivity index (χ2v) is 5.60. The summed E-state index contributed by atoms with van der Waals surface area (Å²) < 4.78 is 5.66. The molecule has 2 atom stereocenters. The molecule has 0 bridgehead atoms. The van der Waals surface area contributed by atoms with Gasteiger partial charge in [-0.15, -0.1) is 0 Å². The van der Waals surface area contributed by atoms with Crippen LogP contribution in [0.15, 0.2) is 67.1 Å². The first-order valence-electron chi connectivity index (χ1n) is 7.90. The van der Waals surface area contributed by atoms with Gasteiger partial charge in [0.05, 0.1) is 6.26 Å². The van der Waals surface area contributed by atoms with Gasteiger partial charge in [0.15, 0.2) is 0 Å². The average molecular weight is 294 g/mol. The molecule has 0 saturated heterocycles. The maximum atomic E-state index is 5.66. The number of nitrogens with zero attached hydrogens (tertiary/aromatic N) is 1. The molecular formula is C19H22N2O. The van der Waals surface area contributed by atoms with Crippen molar-refractivity contribution in [3.05, 3.63) is 78.3 Å². The molecule has 1 aromatic carbocycles. The molecule has 2 aromatic rings. The van der Waals surface area contributed by atoms with Crippen molar-refractivity contribution in [1.29, 1.82) is 0 Å². The number of aromatic nitrogens is 1. The fraction of sp³-hybridized carbons (Fsp3) is 0.316. The lowest BCUT2D eigenvalue weighted by Crippen LogP contribution is -2.33. The van der Waals surface area contributed by atoms with E-state index in [1.807, 2.05) is 24.6 Å². The molecule has 3 rings (SSSR count). The quantitative estimate of drug-likeness (QED) is 0.883. The van der Waals surface area contributed by atoms with Crippen LogP contribution in [0, 0.1) is 0 Å². The van der Waals surface area contributed by atoms with Crippen LogP contribution < -0.4 is 5.32 Å². The Labute approximate surface area is 132 Å². The number of allylic oxidation sites excluding steroid dienone is 1. The van der Waals surface area contributed by atoms with E-state index in [4.69, 9.17) is 4.74 Å². The highest BCUT2D eigenvalue weighted by molar-refractivity contribution is 5.21. The average Bonchev–Trinajstić information content (AvgIpc) is 2.61. The number of benzene rings is 1. The molecule has 1 aliphatic rings. The van der Waals surface area contributed by atoms with Crippen LogP contribution in [0.3, 0.4) is 0 Å². The van der Waals surface area contributed by atoms with Gasteiger partial charge in [-0.2, -0.15) is 0 Å². The SMILES string of the molecule is C1=CO[C@@H](CN[C@@H](Cc2ccccn2)c2ccccc2)CC1. The Balaban J connectivity index is 1.67. The Morgan fingerprint density at radius 3 is 2.73 bits per heavy atom. The fourth-order valence-electron chi connectivity index (χ4n) is 2.73. The van der Waals surface area contributed by atoms with E-state index < -0.39 is 0 Å². The van der Waals surface area contributed by atoms with E-state index >= 15 is 0 Å². The second-order valence-electron chi connectivity index (χ2n) is 5.60. The molecular weight excluding hydrogens is 272 g/mol. The Bertz CT molecular complexity index is 583. The molecule has 0 unspecified atom stereocenters. The van der Waals surface area contributed by atoms with Gasteiger partial charge in [-0.3, -0.25) is 4.98 Å². The predicted octanol–water partition coefficient (Wildman–Crippen LogP) is 3.65. The first-order chi connectivity index (χ1) is 10.9. The number of ether oxygens (including phenoxy) is 1. The van der Waals surface area contributed by atoms with E-state index in [0.29, 0.717) is 0 Å². The molecule has 0 spiro atoms. The Hall–Kier alpha value is -2.13. The van der Waals surface area contributed by atoms with Gasteiger partial charge in [0.1, 0.15) is 6.10 Å². The van der Waals surface area contributed by atoms with Gasteiger partial charge < -0.3 is 10.1 Å². The van der Waals surface area contributed by atoms with Gasteiger partial charge in [-0.1, -0.05) is 36.4 Å². The molecule has 3 nitrogen and oxygen atoms in total. The monoisotopic (exact) mass is 294 g/mol. The van der Waals surface area contributed by atoms with Gasteiger partial charge in [0.25, 0.3) is 0 Å². The summed E-state index contributed by atoms with van der Waals surface area (Å²) in [5.74, 6) is 0. The fourth-order valence-corrected chi connectivity index (χ4v) is 2.73. The molecule has 1 aromatic heterocycles. The third-order valence-electron chi connectivity index (χ3n) is 3.96. The van der Waals surface area contributed by atoms with Gasteiger partial charge in [0, 0.05) is 30.9 Å². The van der Waals surface area contributed by atoms with Gasteiger partial charge >= 0.3 is 0 Å². The highest BCUT2D eigenvalue weighted by Gasteiger charge is 2.16. The first-order valence-corrected chi connectivity index (χ1v) is 7.90. The van der Waals surface area contributed by atoms with E-state index in [2.05, 4.69) is 52.8 Å². The number of hydrogen-bond donors (Lipinski definition) is 1. The highest BCUT2D eigenvalue weighted by Crippen LogP contribution is 2.18. The summed E-state index contributed by atoms with van der Waals surface area (Å²) in [6, 6.07) is 16.9. The van der Waals surface area contributed by atoms with Crippen molar-refractivity contribution in [3.63, 3.8) is 0 Å². The van der Waals surface area contributed by atoms with Crippen LogP contribution in [0.4, 0.5) is 0 Å². The molecule has 3 heteroatoms. The maximum absolute atomic E-state index is 5.66. The zero-order chi connectivity index (χ0) is 15.0. The van der Waals surface area contributed by atoms with Gasteiger partial charge in [-0.05, 0) is 36.6 Å². The van der Waals surface area contributed by atoms with Crippen LogP contribution in [0.5, 0.6) is 0 Å². The van der Waals surface area contributed by atoms with Crippen molar-refractivity contribution in [2.75, 3.05) is 6.54 Å². The molecule has 1 aliphatic heterocycles. The Kier molecular flexibility index (Phi) is 5.22. The van der Waals surface area contributed by atoms with Crippen molar-refractivity contribution < 1.29 is 4.74 Å². The summed E-state index contributed by atoms with van der Waals surface area (Å²) in [6.45, 7) is 0.858. The molecule has 1 N–H and O–H groups in total. The molecule has 0 saturated carbocycles. The standard InChI is InChI=1S/C19H22N2O/c1-2-8-16(9-3-1)19(14-17-10-4-6-12-20-17)21-15-18-11-5-7-13-22-18/h1-4,6-10,12-13,18-19,21H,5,11,14-15H2/t18-,19+/m1/s1. The number of rotatable bonds is 6. The number of nitrogens with one attached hydrogen (secondary N) is 1. The topological polar surface area (TPSA) is 34.1 Å². The van der Waals surface area contributed by atoms with Crippen LogP contribution in [0.2, 0.25) is 0 Å². The van der Waals surface area contributed by atoms with E-state index in [1.165, 1.54) is 5.56 Å². The summed E-state index contributed by atoms with van der Waals surface area (Å²) in [4.78, 5) is 4.46. The molecule has 22 heavy (non-hydrogen) atoms. The first kappa shape index (κ1) is 14.8. The summed E-state index contributed by atoms with van der Waals surface area (Å²) in [7, 11) is 0. The molecule has 0 amide bonds.